The predicted octanol–water partition coefficient (Wildman–Crippen LogP) is 3.94. The van der Waals surface area contributed by atoms with Crippen molar-refractivity contribution in [3.63, 3.8) is 0 Å². The average molecular weight is 271 g/mol. The first-order chi connectivity index (χ1) is 9.49. The Hall–Kier alpha value is -1.77. The third-order valence-corrected chi connectivity index (χ3v) is 3.35. The topological polar surface area (TPSA) is 42.2 Å². The van der Waals surface area contributed by atoms with Crippen LogP contribution in [0.15, 0.2) is 30.6 Å². The van der Waals surface area contributed by atoms with E-state index in [0.717, 1.165) is 35.2 Å². The van der Waals surface area contributed by atoms with Gasteiger partial charge in [-0.2, -0.15) is 0 Å². The number of fused-ring (bicyclic) bond motifs is 1. The zero-order valence-electron chi connectivity index (χ0n) is 12.9. The maximum Gasteiger partial charge on any atom is 0.0632 e. The third-order valence-electron chi connectivity index (χ3n) is 3.35. The quantitative estimate of drug-likeness (QED) is 0.838. The Morgan fingerprint density at radius 3 is 2.30 bits per heavy atom. The lowest BCUT2D eigenvalue weighted by Crippen LogP contribution is -2.31. The summed E-state index contributed by atoms with van der Waals surface area (Å²) < 4.78 is 0. The number of nitrogens with two attached hydrogens (primary N) is 1. The minimum absolute atomic E-state index is 0.612. The molecule has 0 atom stereocenters. The molecule has 2 aromatic rings. The van der Waals surface area contributed by atoms with Gasteiger partial charge in [-0.3, -0.25) is 4.98 Å². The number of nitrogen functional groups attached to an aromatic ring is 1. The Labute approximate surface area is 121 Å². The van der Waals surface area contributed by atoms with Gasteiger partial charge in [0.15, 0.2) is 0 Å². The number of anilines is 2. The molecular weight excluding hydrogens is 246 g/mol. The van der Waals surface area contributed by atoms with Gasteiger partial charge in [0.1, 0.15) is 0 Å². The number of nitrogens with zero attached hydrogens (tertiary/aromatic N) is 2. The van der Waals surface area contributed by atoms with Crippen molar-refractivity contribution in [3.05, 3.63) is 30.6 Å². The van der Waals surface area contributed by atoms with E-state index in [2.05, 4.69) is 49.7 Å². The van der Waals surface area contributed by atoms with E-state index in [-0.39, 0.29) is 0 Å². The molecule has 3 heteroatoms. The molecule has 2 N–H and O–H groups in total. The minimum Gasteiger partial charge on any atom is -0.397 e. The van der Waals surface area contributed by atoms with Gasteiger partial charge in [-0.25, -0.2) is 0 Å². The van der Waals surface area contributed by atoms with E-state index in [1.807, 2.05) is 12.3 Å². The van der Waals surface area contributed by atoms with Gasteiger partial charge < -0.3 is 10.6 Å². The second kappa shape index (κ2) is 6.12. The van der Waals surface area contributed by atoms with Crippen molar-refractivity contribution in [2.75, 3.05) is 23.7 Å². The lowest BCUT2D eigenvalue weighted by molar-refractivity contribution is 0.553. The molecule has 0 spiro atoms. The van der Waals surface area contributed by atoms with Gasteiger partial charge in [0.25, 0.3) is 0 Å². The van der Waals surface area contributed by atoms with E-state index in [1.54, 1.807) is 6.20 Å². The van der Waals surface area contributed by atoms with Gasteiger partial charge in [-0.1, -0.05) is 33.8 Å². The van der Waals surface area contributed by atoms with Gasteiger partial charge in [-0.15, -0.1) is 0 Å². The molecular formula is C17H25N3. The summed E-state index contributed by atoms with van der Waals surface area (Å²) in [5, 5.41) is 2.19. The molecule has 1 aromatic heterocycles. The minimum atomic E-state index is 0.612. The maximum absolute atomic E-state index is 6.40. The normalized spacial score (nSPS) is 11.5. The highest BCUT2D eigenvalue weighted by atomic mass is 15.1. The van der Waals surface area contributed by atoms with E-state index >= 15 is 0 Å². The first-order valence-corrected chi connectivity index (χ1v) is 7.36. The van der Waals surface area contributed by atoms with E-state index in [0.29, 0.717) is 11.8 Å². The Bertz CT molecular complexity index is 565. The zero-order chi connectivity index (χ0) is 14.7. The highest BCUT2D eigenvalue weighted by Gasteiger charge is 2.14. The number of hydrogen-bond acceptors (Lipinski definition) is 3. The van der Waals surface area contributed by atoms with Crippen LogP contribution in [0.4, 0.5) is 11.4 Å². The van der Waals surface area contributed by atoms with Gasteiger partial charge in [-0.05, 0) is 24.0 Å². The van der Waals surface area contributed by atoms with Crippen molar-refractivity contribution in [1.29, 1.82) is 0 Å². The van der Waals surface area contributed by atoms with E-state index in [4.69, 9.17) is 5.73 Å². The molecule has 1 heterocycles. The summed E-state index contributed by atoms with van der Waals surface area (Å²) in [6.07, 6.45) is 3.67. The van der Waals surface area contributed by atoms with Crippen molar-refractivity contribution in [3.8, 4) is 0 Å². The van der Waals surface area contributed by atoms with Crippen molar-refractivity contribution in [2.45, 2.75) is 27.7 Å². The molecule has 0 aliphatic heterocycles. The lowest BCUT2D eigenvalue weighted by Gasteiger charge is -2.30. The smallest absolute Gasteiger partial charge is 0.0632 e. The molecule has 0 saturated carbocycles. The van der Waals surface area contributed by atoms with Gasteiger partial charge >= 0.3 is 0 Å². The molecule has 0 unspecified atom stereocenters. The molecule has 0 aliphatic rings. The standard InChI is InChI=1S/C17H25N3/c1-12(2)10-20(11-13(3)4)16-6-5-14-9-19-8-7-15(14)17(16)18/h5-9,12-13H,10-11,18H2,1-4H3. The summed E-state index contributed by atoms with van der Waals surface area (Å²) in [5.74, 6) is 1.22. The number of aromatic nitrogens is 1. The fraction of sp³-hybridized carbons (Fsp3) is 0.471. The number of pyridine rings is 1. The van der Waals surface area contributed by atoms with Crippen LogP contribution in [0.1, 0.15) is 27.7 Å². The number of rotatable bonds is 5. The Morgan fingerprint density at radius 1 is 1.05 bits per heavy atom. The van der Waals surface area contributed by atoms with Crippen LogP contribution in [0, 0.1) is 11.8 Å². The Morgan fingerprint density at radius 2 is 1.70 bits per heavy atom. The van der Waals surface area contributed by atoms with Crippen LogP contribution in [-0.2, 0) is 0 Å². The van der Waals surface area contributed by atoms with Crippen LogP contribution in [0.5, 0.6) is 0 Å². The molecule has 20 heavy (non-hydrogen) atoms. The molecule has 1 aromatic carbocycles. The molecule has 2 rings (SSSR count). The second-order valence-corrected chi connectivity index (χ2v) is 6.29. The second-order valence-electron chi connectivity index (χ2n) is 6.29. The van der Waals surface area contributed by atoms with Gasteiger partial charge in [0, 0.05) is 36.3 Å². The van der Waals surface area contributed by atoms with Crippen LogP contribution >= 0.6 is 0 Å². The summed E-state index contributed by atoms with van der Waals surface area (Å²) in [6, 6.07) is 6.24. The molecule has 0 radical (unpaired) electrons. The molecule has 3 nitrogen and oxygen atoms in total. The van der Waals surface area contributed by atoms with Crippen molar-refractivity contribution < 1.29 is 0 Å². The van der Waals surface area contributed by atoms with E-state index in [9.17, 15) is 0 Å². The molecule has 0 aliphatic carbocycles. The van der Waals surface area contributed by atoms with Crippen LogP contribution < -0.4 is 10.6 Å². The molecule has 0 amide bonds. The highest BCUT2D eigenvalue weighted by molar-refractivity contribution is 5.98. The van der Waals surface area contributed by atoms with Crippen LogP contribution in [0.25, 0.3) is 10.8 Å². The number of hydrogen-bond donors (Lipinski definition) is 1. The van der Waals surface area contributed by atoms with Crippen molar-refractivity contribution in [1.82, 2.24) is 4.98 Å². The van der Waals surface area contributed by atoms with E-state index < -0.39 is 0 Å². The highest BCUT2D eigenvalue weighted by Crippen LogP contribution is 2.31. The maximum atomic E-state index is 6.40. The fourth-order valence-electron chi connectivity index (χ4n) is 2.61. The van der Waals surface area contributed by atoms with Crippen LogP contribution in [0.3, 0.4) is 0 Å². The van der Waals surface area contributed by atoms with Crippen molar-refractivity contribution in [2.24, 2.45) is 11.8 Å². The summed E-state index contributed by atoms with van der Waals surface area (Å²) >= 11 is 0. The van der Waals surface area contributed by atoms with E-state index in [1.165, 1.54) is 0 Å². The zero-order valence-corrected chi connectivity index (χ0v) is 12.9. The molecule has 108 valence electrons. The first-order valence-electron chi connectivity index (χ1n) is 7.36. The largest absolute Gasteiger partial charge is 0.397 e. The molecule has 0 bridgehead atoms. The number of benzene rings is 1. The molecule has 0 fully saturated rings. The SMILES string of the molecule is CC(C)CN(CC(C)C)c1ccc2cnccc2c1N. The average Bonchev–Trinajstić information content (AvgIpc) is 2.37. The van der Waals surface area contributed by atoms with Crippen molar-refractivity contribution >= 4 is 22.1 Å². The third kappa shape index (κ3) is 3.21. The van der Waals surface area contributed by atoms with Gasteiger partial charge in [0.2, 0.25) is 0 Å². The monoisotopic (exact) mass is 271 g/mol. The first kappa shape index (κ1) is 14.6. The van der Waals surface area contributed by atoms with Crippen LogP contribution in [0.2, 0.25) is 0 Å². The Balaban J connectivity index is 2.44. The fourth-order valence-corrected chi connectivity index (χ4v) is 2.61. The summed E-state index contributed by atoms with van der Waals surface area (Å²) in [5.41, 5.74) is 8.41. The van der Waals surface area contributed by atoms with Crippen LogP contribution in [-0.4, -0.2) is 18.1 Å². The summed E-state index contributed by atoms with van der Waals surface area (Å²) in [7, 11) is 0. The molecule has 0 saturated heterocycles. The lowest BCUT2D eigenvalue weighted by atomic mass is 10.1. The Kier molecular flexibility index (Phi) is 4.48. The summed E-state index contributed by atoms with van der Waals surface area (Å²) in [6.45, 7) is 11.0. The van der Waals surface area contributed by atoms with Gasteiger partial charge in [0.05, 0.1) is 11.4 Å². The predicted molar refractivity (Wildman–Crippen MR) is 88.0 cm³/mol. The summed E-state index contributed by atoms with van der Waals surface area (Å²) in [4.78, 5) is 6.56.